The molecule has 0 bridgehead atoms. The second kappa shape index (κ2) is 10.3. The van der Waals surface area contributed by atoms with Crippen LogP contribution in [0.1, 0.15) is 104 Å². The zero-order chi connectivity index (χ0) is 37.8. The summed E-state index contributed by atoms with van der Waals surface area (Å²) in [5.41, 5.74) is -2.32. The van der Waals surface area contributed by atoms with Gasteiger partial charge in [-0.1, -0.05) is 26.6 Å². The van der Waals surface area contributed by atoms with Gasteiger partial charge in [0.05, 0.1) is 0 Å². The van der Waals surface area contributed by atoms with E-state index in [-0.39, 0.29) is 24.4 Å². The Labute approximate surface area is 236 Å². The van der Waals surface area contributed by atoms with Gasteiger partial charge in [-0.3, -0.25) is 14.6 Å². The number of hydrogen-bond acceptors (Lipinski definition) is 7. The molecule has 1 unspecified atom stereocenters. The van der Waals surface area contributed by atoms with Crippen LogP contribution >= 0.6 is 0 Å². The van der Waals surface area contributed by atoms with E-state index < -0.39 is 85.8 Å². The summed E-state index contributed by atoms with van der Waals surface area (Å²) in [6, 6.07) is 4.12. The topological polar surface area (TPSA) is 99.3 Å². The largest absolute Gasteiger partial charge is 0.458 e. The Hall–Kier alpha value is -3.16. The molecular weight excluding hydrogens is 466 g/mol. The van der Waals surface area contributed by atoms with E-state index in [1.807, 2.05) is 0 Å². The number of aryl methyl sites for hydroxylation is 5. The van der Waals surface area contributed by atoms with Crippen molar-refractivity contribution in [1.82, 2.24) is 24.6 Å². The van der Waals surface area contributed by atoms with Crippen LogP contribution in [-0.2, 0) is 40.0 Å². The van der Waals surface area contributed by atoms with Gasteiger partial charge in [0.2, 0.25) is 0 Å². The highest BCUT2D eigenvalue weighted by Gasteiger charge is 2.51. The Morgan fingerprint density at radius 1 is 1.11 bits per heavy atom. The number of Topliss-reactive ketones (excluding diaryl/α,β-unsaturated/α-hetero) is 1. The van der Waals surface area contributed by atoms with E-state index in [2.05, 4.69) is 20.1 Å². The Morgan fingerprint density at radius 3 is 2.46 bits per heavy atom. The number of pyridine rings is 1. The highest BCUT2D eigenvalue weighted by atomic mass is 16.6. The van der Waals surface area contributed by atoms with Crippen LogP contribution in [-0.4, -0.2) is 41.9 Å². The standard InChI is InChI=1S/C29H37N5O3/c1-5-22-14-20(15-23(6-2)31-22)11-12-29(21-9-7-8-10-21)17-25(35)24(27(36)37-29)16-26-32-28-30-18(3)13-19(4)34(28)33-26/h13-15,21,24H,5-12,16-17H2,1-4H3/t24?,29-/m1/s1/i7D2,8D2,9D2,10D2,11D2,12D2,21D. The SMILES string of the molecule is [2H]C([2H])(c1cc(CC)nc(CC)c1)C([2H])([2H])[C@]1(C2([2H])C([2H])([2H])C([2H])([2H])C([2H])([2H])C2([2H])[2H])CC(=O)C(Cc2nc3nc(C)cc(C)n3n2)C(=O)O1. The number of cyclic esters (lactones) is 1. The molecule has 0 N–H and O–H groups in total. The van der Waals surface area contributed by atoms with Gasteiger partial charge in [0, 0.05) is 53.4 Å². The zero-order valence-electron chi connectivity index (χ0n) is 34.1. The molecule has 37 heavy (non-hydrogen) atoms. The number of ketones is 1. The molecule has 2 atom stereocenters. The minimum Gasteiger partial charge on any atom is -0.458 e. The maximum absolute atomic E-state index is 14.1. The average molecular weight is 517 g/mol. The normalized spacial score (nSPS) is 34.9. The molecule has 8 heteroatoms. The van der Waals surface area contributed by atoms with Gasteiger partial charge in [-0.2, -0.15) is 4.98 Å². The lowest BCUT2D eigenvalue weighted by atomic mass is 9.73. The molecule has 0 spiro atoms. The third kappa shape index (κ3) is 5.15. The van der Waals surface area contributed by atoms with Gasteiger partial charge in [-0.25, -0.2) is 9.50 Å². The molecule has 0 aromatic carbocycles. The maximum atomic E-state index is 14.1. The molecule has 0 radical (unpaired) electrons. The number of rotatable bonds is 8. The van der Waals surface area contributed by atoms with Crippen molar-refractivity contribution in [3.05, 3.63) is 52.4 Å². The number of aromatic nitrogens is 5. The average Bonchev–Trinajstić information content (AvgIpc) is 3.45. The fourth-order valence-electron chi connectivity index (χ4n) is 4.40. The fourth-order valence-corrected chi connectivity index (χ4v) is 4.40. The van der Waals surface area contributed by atoms with Crippen molar-refractivity contribution in [3.63, 3.8) is 0 Å². The van der Waals surface area contributed by atoms with Crippen molar-refractivity contribution in [1.29, 1.82) is 0 Å². The Balaban J connectivity index is 1.74. The summed E-state index contributed by atoms with van der Waals surface area (Å²) in [4.78, 5) is 41.0. The molecule has 4 heterocycles. The molecule has 3 aromatic rings. The summed E-state index contributed by atoms with van der Waals surface area (Å²) >= 11 is 0. The number of hydrogen-bond donors (Lipinski definition) is 0. The number of esters is 1. The monoisotopic (exact) mass is 516 g/mol. The molecule has 196 valence electrons. The number of fused-ring (bicyclic) bond motifs is 1. The van der Waals surface area contributed by atoms with E-state index in [9.17, 15) is 13.7 Å². The predicted molar refractivity (Wildman–Crippen MR) is 139 cm³/mol. The quantitative estimate of drug-likeness (QED) is 0.321. The van der Waals surface area contributed by atoms with E-state index in [1.54, 1.807) is 33.8 Å². The minimum absolute atomic E-state index is 0.0666. The van der Waals surface area contributed by atoms with E-state index in [1.165, 1.54) is 16.6 Å². The van der Waals surface area contributed by atoms with Crippen LogP contribution in [0.2, 0.25) is 0 Å². The highest BCUT2D eigenvalue weighted by molar-refractivity contribution is 6.01. The third-order valence-electron chi connectivity index (χ3n) is 6.33. The van der Waals surface area contributed by atoms with E-state index in [4.69, 9.17) is 18.4 Å². The van der Waals surface area contributed by atoms with E-state index in [0.29, 0.717) is 22.8 Å². The molecule has 1 saturated carbocycles. The molecule has 3 aromatic heterocycles. The number of ether oxygens (including phenoxy) is 1. The van der Waals surface area contributed by atoms with Gasteiger partial charge in [0.25, 0.3) is 5.78 Å². The van der Waals surface area contributed by atoms with Crippen molar-refractivity contribution in [2.24, 2.45) is 11.8 Å². The summed E-state index contributed by atoms with van der Waals surface area (Å²) < 4.78 is 122. The number of nitrogens with zero attached hydrogens (tertiary/aromatic N) is 5. The summed E-state index contributed by atoms with van der Waals surface area (Å²) in [6.45, 7) is 6.85. The molecular formula is C29H37N5O3. The van der Waals surface area contributed by atoms with Crippen LogP contribution in [0.5, 0.6) is 0 Å². The molecule has 8 nitrogen and oxygen atoms in total. The van der Waals surface area contributed by atoms with Crippen molar-refractivity contribution in [2.45, 2.75) is 97.2 Å². The highest BCUT2D eigenvalue weighted by Crippen LogP contribution is 2.45. The molecule has 1 saturated heterocycles. The Kier molecular flexibility index (Phi) is 3.93. The van der Waals surface area contributed by atoms with Crippen LogP contribution in [0.4, 0.5) is 0 Å². The molecule has 1 aliphatic carbocycles. The Morgan fingerprint density at radius 2 is 1.81 bits per heavy atom. The smallest absolute Gasteiger partial charge is 0.317 e. The molecule has 2 fully saturated rings. The first-order chi connectivity index (χ1) is 22.7. The fraction of sp³-hybridized carbons (Fsp3) is 0.586. The first-order valence-electron chi connectivity index (χ1n) is 18.7. The first-order valence-corrected chi connectivity index (χ1v) is 12.2. The number of carbonyl (C=O) groups excluding carboxylic acids is 2. The van der Waals surface area contributed by atoms with Crippen molar-refractivity contribution in [3.8, 4) is 0 Å². The van der Waals surface area contributed by atoms with Gasteiger partial charge in [0.15, 0.2) is 11.6 Å². The Bertz CT molecular complexity index is 1830. The summed E-state index contributed by atoms with van der Waals surface area (Å²) in [5.74, 6) is -8.65. The summed E-state index contributed by atoms with van der Waals surface area (Å²) in [5, 5.41) is 4.28. The van der Waals surface area contributed by atoms with Crippen LogP contribution in [0.3, 0.4) is 0 Å². The van der Waals surface area contributed by atoms with Crippen molar-refractivity contribution >= 4 is 17.5 Å². The van der Waals surface area contributed by atoms with Crippen LogP contribution in [0.25, 0.3) is 5.78 Å². The van der Waals surface area contributed by atoms with E-state index >= 15 is 0 Å². The van der Waals surface area contributed by atoms with E-state index in [0.717, 1.165) is 0 Å². The second-order valence-electron chi connectivity index (χ2n) is 9.10. The van der Waals surface area contributed by atoms with Gasteiger partial charge >= 0.3 is 5.97 Å². The van der Waals surface area contributed by atoms with Crippen LogP contribution < -0.4 is 0 Å². The lowest BCUT2D eigenvalue weighted by molar-refractivity contribution is -0.185. The molecule has 5 rings (SSSR count). The number of carbonyl (C=O) groups is 2. The first kappa shape index (κ1) is 14.1. The molecule has 1 aliphatic heterocycles. The molecule has 2 aliphatic rings. The van der Waals surface area contributed by atoms with Gasteiger partial charge < -0.3 is 4.74 Å². The summed E-state index contributed by atoms with van der Waals surface area (Å²) in [7, 11) is 0. The van der Waals surface area contributed by atoms with Crippen LogP contribution in [0, 0.1) is 25.7 Å². The zero-order valence-corrected chi connectivity index (χ0v) is 21.1. The minimum atomic E-state index is -4.11. The summed E-state index contributed by atoms with van der Waals surface area (Å²) in [6.07, 6.45) is -24.6. The van der Waals surface area contributed by atoms with Crippen LogP contribution in [0.15, 0.2) is 18.2 Å². The molecule has 0 amide bonds. The predicted octanol–water partition coefficient (Wildman–Crippen LogP) is 4.50. The van der Waals surface area contributed by atoms with Crippen molar-refractivity contribution in [2.75, 3.05) is 0 Å². The van der Waals surface area contributed by atoms with Gasteiger partial charge in [0.1, 0.15) is 11.5 Å². The van der Waals surface area contributed by atoms with Gasteiger partial charge in [-0.05, 0) is 81.8 Å². The van der Waals surface area contributed by atoms with Gasteiger partial charge in [-0.15, -0.1) is 5.10 Å². The lowest BCUT2D eigenvalue weighted by Crippen LogP contribution is -2.52. The lowest BCUT2D eigenvalue weighted by Gasteiger charge is -2.43. The second-order valence-corrected chi connectivity index (χ2v) is 9.10. The maximum Gasteiger partial charge on any atom is 0.317 e. The van der Waals surface area contributed by atoms with Crippen molar-refractivity contribution < 1.29 is 32.1 Å². The third-order valence-corrected chi connectivity index (χ3v) is 6.33.